The van der Waals surface area contributed by atoms with E-state index in [4.69, 9.17) is 18.9 Å². The molecule has 6 heteroatoms. The van der Waals surface area contributed by atoms with Crippen molar-refractivity contribution in [1.29, 1.82) is 0 Å². The van der Waals surface area contributed by atoms with Crippen LogP contribution in [-0.4, -0.2) is 53.3 Å². The fraction of sp³-hybridized carbons (Fsp3) is 0.625. The van der Waals surface area contributed by atoms with Crippen LogP contribution in [0.1, 0.15) is 19.4 Å². The van der Waals surface area contributed by atoms with E-state index >= 15 is 0 Å². The van der Waals surface area contributed by atoms with Gasteiger partial charge in [-0.1, -0.05) is 30.3 Å². The van der Waals surface area contributed by atoms with Crippen LogP contribution in [0, 0.1) is 0 Å². The van der Waals surface area contributed by atoms with Crippen LogP contribution in [0.2, 0.25) is 0 Å². The van der Waals surface area contributed by atoms with E-state index in [1.54, 1.807) is 0 Å². The molecule has 1 aromatic carbocycles. The Morgan fingerprint density at radius 3 is 2.55 bits per heavy atom. The first-order chi connectivity index (χ1) is 10.5. The number of aliphatic hydroxyl groups excluding tert-OH is 2. The van der Waals surface area contributed by atoms with Crippen LogP contribution in [0.15, 0.2) is 30.3 Å². The minimum absolute atomic E-state index is 0.375. The SMILES string of the molecule is CC1(C)OC2C(O1)[C@@H]([C@H](O)CO)O[C@H]2OCc1ccccc1. The Hall–Kier alpha value is -1.02. The average Bonchev–Trinajstić information content (AvgIpc) is 2.99. The molecular formula is C16H22O6. The van der Waals surface area contributed by atoms with E-state index < -0.39 is 43.1 Å². The molecule has 2 aliphatic heterocycles. The molecule has 0 bridgehead atoms. The van der Waals surface area contributed by atoms with Gasteiger partial charge in [-0.2, -0.15) is 0 Å². The summed E-state index contributed by atoms with van der Waals surface area (Å²) in [7, 11) is 0. The van der Waals surface area contributed by atoms with Crippen LogP contribution in [0.3, 0.4) is 0 Å². The maximum Gasteiger partial charge on any atom is 0.187 e. The maximum absolute atomic E-state index is 9.91. The second-order valence-corrected chi connectivity index (χ2v) is 6.08. The molecule has 0 aromatic heterocycles. The van der Waals surface area contributed by atoms with Crippen molar-refractivity contribution in [2.75, 3.05) is 6.61 Å². The summed E-state index contributed by atoms with van der Waals surface area (Å²) in [6.07, 6.45) is -3.23. The zero-order chi connectivity index (χ0) is 15.7. The van der Waals surface area contributed by atoms with Crippen molar-refractivity contribution in [2.45, 2.75) is 56.9 Å². The molecule has 2 aliphatic rings. The van der Waals surface area contributed by atoms with Gasteiger partial charge in [0.05, 0.1) is 13.2 Å². The van der Waals surface area contributed by atoms with Crippen LogP contribution < -0.4 is 0 Å². The Labute approximate surface area is 129 Å². The first-order valence-electron chi connectivity index (χ1n) is 7.46. The lowest BCUT2D eigenvalue weighted by molar-refractivity contribution is -0.247. The monoisotopic (exact) mass is 310 g/mol. The summed E-state index contributed by atoms with van der Waals surface area (Å²) < 4.78 is 23.1. The second kappa shape index (κ2) is 6.23. The molecule has 3 rings (SSSR count). The molecule has 0 saturated carbocycles. The minimum atomic E-state index is -1.03. The summed E-state index contributed by atoms with van der Waals surface area (Å²) in [5.74, 6) is -0.763. The highest BCUT2D eigenvalue weighted by Crippen LogP contribution is 2.40. The molecule has 122 valence electrons. The Bertz CT molecular complexity index is 491. The summed E-state index contributed by atoms with van der Waals surface area (Å²) in [6, 6.07) is 9.74. The van der Waals surface area contributed by atoms with Gasteiger partial charge in [0.25, 0.3) is 0 Å². The molecule has 2 saturated heterocycles. The van der Waals surface area contributed by atoms with E-state index in [0.29, 0.717) is 6.61 Å². The molecule has 2 heterocycles. The lowest BCUT2D eigenvalue weighted by atomic mass is 10.1. The predicted octanol–water partition coefficient (Wildman–Crippen LogP) is 0.801. The lowest BCUT2D eigenvalue weighted by Crippen LogP contribution is -2.40. The fourth-order valence-corrected chi connectivity index (χ4v) is 2.89. The first-order valence-corrected chi connectivity index (χ1v) is 7.46. The van der Waals surface area contributed by atoms with Gasteiger partial charge in [-0.3, -0.25) is 0 Å². The minimum Gasteiger partial charge on any atom is -0.394 e. The Balaban J connectivity index is 1.69. The van der Waals surface area contributed by atoms with Gasteiger partial charge < -0.3 is 29.2 Å². The quantitative estimate of drug-likeness (QED) is 0.838. The van der Waals surface area contributed by atoms with Gasteiger partial charge >= 0.3 is 0 Å². The van der Waals surface area contributed by atoms with E-state index in [9.17, 15) is 10.2 Å². The molecule has 0 radical (unpaired) electrons. The van der Waals surface area contributed by atoms with Gasteiger partial charge in [-0.25, -0.2) is 0 Å². The van der Waals surface area contributed by atoms with Crippen LogP contribution in [0.5, 0.6) is 0 Å². The van der Waals surface area contributed by atoms with E-state index in [2.05, 4.69) is 0 Å². The van der Waals surface area contributed by atoms with Gasteiger partial charge in [0.15, 0.2) is 12.1 Å². The largest absolute Gasteiger partial charge is 0.394 e. The highest BCUT2D eigenvalue weighted by Gasteiger charge is 2.57. The van der Waals surface area contributed by atoms with Crippen molar-refractivity contribution >= 4 is 0 Å². The van der Waals surface area contributed by atoms with Crippen LogP contribution in [-0.2, 0) is 25.6 Å². The molecule has 22 heavy (non-hydrogen) atoms. The number of hydrogen-bond acceptors (Lipinski definition) is 6. The van der Waals surface area contributed by atoms with Gasteiger partial charge in [-0.15, -0.1) is 0 Å². The Morgan fingerprint density at radius 1 is 1.18 bits per heavy atom. The Morgan fingerprint density at radius 2 is 1.86 bits per heavy atom. The van der Waals surface area contributed by atoms with E-state index in [0.717, 1.165) is 5.56 Å². The first kappa shape index (κ1) is 15.9. The van der Waals surface area contributed by atoms with Crippen molar-refractivity contribution in [3.8, 4) is 0 Å². The molecule has 2 fully saturated rings. The number of benzene rings is 1. The molecule has 2 N–H and O–H groups in total. The average molecular weight is 310 g/mol. The highest BCUT2D eigenvalue weighted by atomic mass is 16.8. The third kappa shape index (κ3) is 3.17. The maximum atomic E-state index is 9.91. The number of aliphatic hydroxyl groups is 2. The molecular weight excluding hydrogens is 288 g/mol. The molecule has 0 spiro atoms. The summed E-state index contributed by atoms with van der Waals surface area (Å²) in [6.45, 7) is 3.59. The van der Waals surface area contributed by atoms with Crippen LogP contribution in [0.4, 0.5) is 0 Å². The van der Waals surface area contributed by atoms with E-state index in [1.165, 1.54) is 0 Å². The lowest BCUT2D eigenvalue weighted by Gasteiger charge is -2.25. The number of ether oxygens (including phenoxy) is 4. The molecule has 5 atom stereocenters. The van der Waals surface area contributed by atoms with Crippen LogP contribution in [0.25, 0.3) is 0 Å². The summed E-state index contributed by atoms with van der Waals surface area (Å²) in [5, 5.41) is 19.1. The Kier molecular flexibility index (Phi) is 4.49. The molecule has 0 aliphatic carbocycles. The van der Waals surface area contributed by atoms with Crippen molar-refractivity contribution < 1.29 is 29.2 Å². The molecule has 2 unspecified atom stereocenters. The van der Waals surface area contributed by atoms with Gasteiger partial charge in [0.1, 0.15) is 24.4 Å². The zero-order valence-electron chi connectivity index (χ0n) is 12.7. The summed E-state index contributed by atoms with van der Waals surface area (Å²) in [4.78, 5) is 0. The molecule has 6 nitrogen and oxygen atoms in total. The zero-order valence-corrected chi connectivity index (χ0v) is 12.7. The van der Waals surface area contributed by atoms with Crippen LogP contribution >= 0.6 is 0 Å². The number of fused-ring (bicyclic) bond motifs is 1. The van der Waals surface area contributed by atoms with Gasteiger partial charge in [0.2, 0.25) is 0 Å². The topological polar surface area (TPSA) is 77.4 Å². The second-order valence-electron chi connectivity index (χ2n) is 6.08. The van der Waals surface area contributed by atoms with Gasteiger partial charge in [0, 0.05) is 0 Å². The highest BCUT2D eigenvalue weighted by molar-refractivity contribution is 5.13. The summed E-state index contributed by atoms with van der Waals surface area (Å²) in [5.41, 5.74) is 1.02. The molecule has 1 aromatic rings. The standard InChI is InChI=1S/C16H22O6/c1-16(2)21-13-12(11(18)8-17)20-15(14(13)22-16)19-9-10-6-4-3-5-7-10/h3-7,11-15,17-18H,8-9H2,1-2H3/t11-,12-,13?,14?,15-/m1/s1. The van der Waals surface area contributed by atoms with E-state index in [1.807, 2.05) is 44.2 Å². The third-order valence-corrected chi connectivity index (χ3v) is 3.87. The van der Waals surface area contributed by atoms with Crippen molar-refractivity contribution in [3.05, 3.63) is 35.9 Å². The fourth-order valence-electron chi connectivity index (χ4n) is 2.89. The smallest absolute Gasteiger partial charge is 0.187 e. The van der Waals surface area contributed by atoms with Crippen molar-refractivity contribution in [1.82, 2.24) is 0 Å². The number of rotatable bonds is 5. The van der Waals surface area contributed by atoms with Crippen molar-refractivity contribution in [3.63, 3.8) is 0 Å². The van der Waals surface area contributed by atoms with E-state index in [-0.39, 0.29) is 0 Å². The summed E-state index contributed by atoms with van der Waals surface area (Å²) >= 11 is 0. The van der Waals surface area contributed by atoms with Gasteiger partial charge in [-0.05, 0) is 19.4 Å². The normalized spacial score (nSPS) is 34.5. The number of hydrogen-bond donors (Lipinski definition) is 2. The van der Waals surface area contributed by atoms with Crippen molar-refractivity contribution in [2.24, 2.45) is 0 Å². The predicted molar refractivity (Wildman–Crippen MR) is 76.8 cm³/mol. The molecule has 0 amide bonds. The third-order valence-electron chi connectivity index (χ3n) is 3.87.